The third-order valence-corrected chi connectivity index (χ3v) is 3.67. The molecule has 1 fully saturated rings. The Balaban J connectivity index is 2.26. The fourth-order valence-corrected chi connectivity index (χ4v) is 3.00. The molecular weight excluding hydrogens is 192 g/mol. The van der Waals surface area contributed by atoms with E-state index in [0.29, 0.717) is 11.8 Å². The molecule has 0 amide bonds. The van der Waals surface area contributed by atoms with Crippen molar-refractivity contribution in [3.63, 3.8) is 0 Å². The first-order valence-corrected chi connectivity index (χ1v) is 5.45. The Hall–Kier alpha value is -1.12. The summed E-state index contributed by atoms with van der Waals surface area (Å²) >= 11 is 0. The van der Waals surface area contributed by atoms with E-state index in [1.165, 1.54) is 7.11 Å². The highest BCUT2D eigenvalue weighted by Crippen LogP contribution is 2.47. The quantitative estimate of drug-likeness (QED) is 0.649. The Bertz CT molecular complexity index is 330. The minimum absolute atomic E-state index is 0.110. The molecule has 15 heavy (non-hydrogen) atoms. The Kier molecular flexibility index (Phi) is 2.63. The van der Waals surface area contributed by atoms with Crippen LogP contribution in [0.25, 0.3) is 0 Å². The zero-order valence-electron chi connectivity index (χ0n) is 9.16. The second-order valence-corrected chi connectivity index (χ2v) is 4.43. The molecule has 0 aromatic rings. The predicted molar refractivity (Wildman–Crippen MR) is 55.1 cm³/mol. The number of esters is 1. The normalized spacial score (nSPS) is 33.5. The lowest BCUT2D eigenvalue weighted by molar-refractivity contribution is -0.145. The molecule has 82 valence electrons. The number of fused-ring (bicyclic) bond motifs is 1. The molecule has 0 saturated heterocycles. The summed E-state index contributed by atoms with van der Waals surface area (Å²) in [6.07, 6.45) is 5.04. The van der Waals surface area contributed by atoms with Crippen molar-refractivity contribution >= 4 is 11.8 Å². The maximum absolute atomic E-state index is 11.5. The van der Waals surface area contributed by atoms with Crippen LogP contribution in [0.5, 0.6) is 0 Å². The number of allylic oxidation sites excluding steroid dienone is 1. The number of methoxy groups -OCH3 is 1. The van der Waals surface area contributed by atoms with E-state index < -0.39 is 0 Å². The van der Waals surface area contributed by atoms with Crippen LogP contribution in [0.3, 0.4) is 0 Å². The molecular formula is C12H16O3. The maximum Gasteiger partial charge on any atom is 0.312 e. The van der Waals surface area contributed by atoms with Crippen molar-refractivity contribution in [1.29, 1.82) is 0 Å². The van der Waals surface area contributed by atoms with E-state index in [4.69, 9.17) is 4.74 Å². The molecule has 2 aliphatic rings. The molecule has 2 aliphatic carbocycles. The first-order valence-electron chi connectivity index (χ1n) is 5.45. The summed E-state index contributed by atoms with van der Waals surface area (Å²) in [5, 5.41) is 0. The molecule has 0 radical (unpaired) electrons. The molecule has 3 nitrogen and oxygen atoms in total. The van der Waals surface area contributed by atoms with Gasteiger partial charge in [-0.3, -0.25) is 9.59 Å². The fraction of sp³-hybridized carbons (Fsp3) is 0.667. The standard InChI is InChI=1S/C12H16O3/c1-7(13)10-6-11(12(14)15-2)9-5-3-4-8(9)10/h6,8-9,11H,3-5H2,1-2H3/t8-,9+,11+/m1/s1. The Labute approximate surface area is 89.5 Å². The van der Waals surface area contributed by atoms with Crippen LogP contribution in [0.15, 0.2) is 11.6 Å². The van der Waals surface area contributed by atoms with Gasteiger partial charge in [0.15, 0.2) is 5.78 Å². The van der Waals surface area contributed by atoms with Crippen molar-refractivity contribution in [2.45, 2.75) is 26.2 Å². The lowest BCUT2D eigenvalue weighted by atomic mass is 9.88. The molecule has 0 unspecified atom stereocenters. The number of ether oxygens (including phenoxy) is 1. The van der Waals surface area contributed by atoms with Crippen LogP contribution in [0.1, 0.15) is 26.2 Å². The van der Waals surface area contributed by atoms with Gasteiger partial charge < -0.3 is 4.74 Å². The van der Waals surface area contributed by atoms with Crippen molar-refractivity contribution in [2.75, 3.05) is 7.11 Å². The van der Waals surface area contributed by atoms with E-state index in [0.717, 1.165) is 24.8 Å². The fourth-order valence-electron chi connectivity index (χ4n) is 3.00. The van der Waals surface area contributed by atoms with Crippen molar-refractivity contribution in [3.05, 3.63) is 11.6 Å². The predicted octanol–water partition coefficient (Wildman–Crippen LogP) is 1.72. The van der Waals surface area contributed by atoms with Gasteiger partial charge in [0.05, 0.1) is 13.0 Å². The van der Waals surface area contributed by atoms with Gasteiger partial charge >= 0.3 is 5.97 Å². The number of hydrogen-bond acceptors (Lipinski definition) is 3. The van der Waals surface area contributed by atoms with E-state index in [1.54, 1.807) is 6.92 Å². The van der Waals surface area contributed by atoms with Crippen molar-refractivity contribution in [1.82, 2.24) is 0 Å². The number of rotatable bonds is 2. The lowest BCUT2D eigenvalue weighted by Crippen LogP contribution is -2.21. The first-order chi connectivity index (χ1) is 7.15. The van der Waals surface area contributed by atoms with Gasteiger partial charge in [-0.2, -0.15) is 0 Å². The summed E-state index contributed by atoms with van der Waals surface area (Å²) in [6.45, 7) is 1.58. The van der Waals surface area contributed by atoms with E-state index in [-0.39, 0.29) is 17.7 Å². The summed E-state index contributed by atoms with van der Waals surface area (Å²) in [5.74, 6) is 0.366. The van der Waals surface area contributed by atoms with Crippen LogP contribution in [-0.4, -0.2) is 18.9 Å². The summed E-state index contributed by atoms with van der Waals surface area (Å²) in [7, 11) is 1.41. The van der Waals surface area contributed by atoms with Gasteiger partial charge in [-0.25, -0.2) is 0 Å². The van der Waals surface area contributed by atoms with Gasteiger partial charge in [0.25, 0.3) is 0 Å². The van der Waals surface area contributed by atoms with Crippen LogP contribution < -0.4 is 0 Å². The third kappa shape index (κ3) is 1.60. The Morgan fingerprint density at radius 2 is 2.13 bits per heavy atom. The van der Waals surface area contributed by atoms with Crippen LogP contribution in [0.2, 0.25) is 0 Å². The first kappa shape index (κ1) is 10.4. The highest BCUT2D eigenvalue weighted by atomic mass is 16.5. The molecule has 0 aromatic carbocycles. The maximum atomic E-state index is 11.5. The topological polar surface area (TPSA) is 43.4 Å². The molecule has 3 atom stereocenters. The van der Waals surface area contributed by atoms with Gasteiger partial charge in [-0.05, 0) is 37.2 Å². The molecule has 3 heteroatoms. The van der Waals surface area contributed by atoms with Crippen molar-refractivity contribution in [2.24, 2.45) is 17.8 Å². The van der Waals surface area contributed by atoms with Gasteiger partial charge in [0.1, 0.15) is 0 Å². The lowest BCUT2D eigenvalue weighted by Gasteiger charge is -2.16. The van der Waals surface area contributed by atoms with E-state index >= 15 is 0 Å². The third-order valence-electron chi connectivity index (χ3n) is 3.67. The molecule has 0 aromatic heterocycles. The molecule has 0 spiro atoms. The highest BCUT2D eigenvalue weighted by Gasteiger charge is 2.44. The smallest absolute Gasteiger partial charge is 0.312 e. The summed E-state index contributed by atoms with van der Waals surface area (Å²) in [6, 6.07) is 0. The number of carbonyl (C=O) groups excluding carboxylic acids is 2. The average Bonchev–Trinajstić information content (AvgIpc) is 2.75. The van der Waals surface area contributed by atoms with Gasteiger partial charge in [0, 0.05) is 0 Å². The number of ketones is 1. The van der Waals surface area contributed by atoms with E-state index in [2.05, 4.69) is 0 Å². The summed E-state index contributed by atoms with van der Waals surface area (Å²) in [4.78, 5) is 23.0. The second kappa shape index (κ2) is 3.80. The molecule has 0 heterocycles. The van der Waals surface area contributed by atoms with Crippen LogP contribution in [0, 0.1) is 17.8 Å². The summed E-state index contributed by atoms with van der Waals surface area (Å²) in [5.41, 5.74) is 0.855. The van der Waals surface area contributed by atoms with Crippen LogP contribution in [-0.2, 0) is 14.3 Å². The number of hydrogen-bond donors (Lipinski definition) is 0. The van der Waals surface area contributed by atoms with Gasteiger partial charge in [-0.1, -0.05) is 12.5 Å². The van der Waals surface area contributed by atoms with E-state index in [1.807, 2.05) is 6.08 Å². The number of carbonyl (C=O) groups is 2. The Morgan fingerprint density at radius 3 is 2.73 bits per heavy atom. The van der Waals surface area contributed by atoms with Crippen molar-refractivity contribution < 1.29 is 14.3 Å². The minimum Gasteiger partial charge on any atom is -0.469 e. The van der Waals surface area contributed by atoms with Crippen LogP contribution in [0.4, 0.5) is 0 Å². The Morgan fingerprint density at radius 1 is 1.40 bits per heavy atom. The molecule has 0 bridgehead atoms. The zero-order valence-corrected chi connectivity index (χ0v) is 9.16. The SMILES string of the molecule is COC(=O)[C@H]1C=C(C(C)=O)[C@@H]2CCC[C@H]12. The number of Topliss-reactive ketones (excluding diaryl/α,β-unsaturated/α-hetero) is 1. The average molecular weight is 208 g/mol. The highest BCUT2D eigenvalue weighted by molar-refractivity contribution is 5.96. The van der Waals surface area contributed by atoms with E-state index in [9.17, 15) is 9.59 Å². The molecule has 1 saturated carbocycles. The van der Waals surface area contributed by atoms with Crippen molar-refractivity contribution in [3.8, 4) is 0 Å². The second-order valence-electron chi connectivity index (χ2n) is 4.43. The molecule has 0 aliphatic heterocycles. The van der Waals surface area contributed by atoms with Gasteiger partial charge in [-0.15, -0.1) is 0 Å². The molecule has 0 N–H and O–H groups in total. The zero-order chi connectivity index (χ0) is 11.0. The molecule has 2 rings (SSSR count). The van der Waals surface area contributed by atoms with Gasteiger partial charge in [0.2, 0.25) is 0 Å². The largest absolute Gasteiger partial charge is 0.469 e. The summed E-state index contributed by atoms with van der Waals surface area (Å²) < 4.78 is 4.78. The monoisotopic (exact) mass is 208 g/mol. The minimum atomic E-state index is -0.192. The van der Waals surface area contributed by atoms with Crippen LogP contribution >= 0.6 is 0 Å².